The topological polar surface area (TPSA) is 114 Å². The number of hydrogen-bond acceptors (Lipinski definition) is 6. The fourth-order valence-corrected chi connectivity index (χ4v) is 3.65. The second-order valence-corrected chi connectivity index (χ2v) is 6.17. The Bertz CT molecular complexity index is 833. The number of fused-ring (bicyclic) bond motifs is 2. The van der Waals surface area contributed by atoms with Crippen molar-refractivity contribution in [3.63, 3.8) is 0 Å². The third kappa shape index (κ3) is 1.56. The largest absolute Gasteiger partial charge is 0.448 e. The molecule has 6 nitrogen and oxygen atoms in total. The van der Waals surface area contributed by atoms with Gasteiger partial charge in [0.05, 0.1) is 24.1 Å². The van der Waals surface area contributed by atoms with Crippen LogP contribution in [0.4, 0.5) is 4.39 Å². The molecule has 1 aromatic rings. The third-order valence-electron chi connectivity index (χ3n) is 5.17. The van der Waals surface area contributed by atoms with Crippen molar-refractivity contribution in [1.29, 1.82) is 21.2 Å². The minimum absolute atomic E-state index is 0.371. The zero-order chi connectivity index (χ0) is 17.8. The Morgan fingerprint density at radius 2 is 1.71 bits per heavy atom. The van der Waals surface area contributed by atoms with E-state index < -0.39 is 40.4 Å². The summed E-state index contributed by atoms with van der Waals surface area (Å²) in [4.78, 5) is 0. The van der Waals surface area contributed by atoms with Crippen LogP contribution in [0, 0.1) is 62.0 Å². The van der Waals surface area contributed by atoms with E-state index in [1.54, 1.807) is 13.8 Å². The molecule has 2 fully saturated rings. The average Bonchev–Trinajstić information content (AvgIpc) is 2.71. The summed E-state index contributed by atoms with van der Waals surface area (Å²) in [5.74, 6) is -2.97. The lowest BCUT2D eigenvalue weighted by molar-refractivity contribution is -0.268. The molecule has 0 unspecified atom stereocenters. The van der Waals surface area contributed by atoms with Crippen molar-refractivity contribution in [2.24, 2.45) is 16.7 Å². The van der Waals surface area contributed by atoms with Crippen LogP contribution < -0.4 is 0 Å². The minimum Gasteiger partial charge on any atom is -0.448 e. The lowest BCUT2D eigenvalue weighted by atomic mass is 9.54. The van der Waals surface area contributed by atoms with Gasteiger partial charge in [-0.25, -0.2) is 4.39 Å². The standard InChI is InChI=1S/C17H13FN4O2/c1-10-15(2)23-13(11-3-5-12(18)6-4-11)16(7-19,8-20)17(10,9-21)14(22)24-15/h3-6,10,13,22H,1-2H3/t10-,13-,15-,17-/m0/s1. The molecule has 2 aliphatic heterocycles. The number of nitriles is 3. The Morgan fingerprint density at radius 3 is 2.21 bits per heavy atom. The maximum atomic E-state index is 13.2. The molecule has 7 heteroatoms. The summed E-state index contributed by atoms with van der Waals surface area (Å²) < 4.78 is 24.6. The van der Waals surface area contributed by atoms with Crippen molar-refractivity contribution in [2.45, 2.75) is 25.7 Å². The molecule has 0 amide bonds. The second-order valence-electron chi connectivity index (χ2n) is 6.17. The lowest BCUT2D eigenvalue weighted by Crippen LogP contribution is -2.57. The number of nitrogens with one attached hydrogen (secondary N) is 1. The maximum Gasteiger partial charge on any atom is 0.214 e. The highest BCUT2D eigenvalue weighted by molar-refractivity contribution is 5.89. The van der Waals surface area contributed by atoms with E-state index in [1.165, 1.54) is 24.3 Å². The van der Waals surface area contributed by atoms with Gasteiger partial charge in [-0.15, -0.1) is 0 Å². The minimum atomic E-state index is -1.99. The molecule has 2 aliphatic rings. The first kappa shape index (κ1) is 15.9. The number of ether oxygens (including phenoxy) is 2. The zero-order valence-corrected chi connectivity index (χ0v) is 13.0. The number of hydrogen-bond donors (Lipinski definition) is 1. The molecule has 24 heavy (non-hydrogen) atoms. The van der Waals surface area contributed by atoms with Gasteiger partial charge in [0.1, 0.15) is 11.9 Å². The second kappa shape index (κ2) is 4.77. The molecule has 0 spiro atoms. The van der Waals surface area contributed by atoms with Gasteiger partial charge >= 0.3 is 0 Å². The molecule has 0 saturated carbocycles. The number of benzene rings is 1. The van der Waals surface area contributed by atoms with Gasteiger partial charge in [-0.1, -0.05) is 19.1 Å². The van der Waals surface area contributed by atoms with Gasteiger partial charge in [-0.05, 0) is 17.7 Å². The number of nitrogens with zero attached hydrogens (tertiary/aromatic N) is 3. The van der Waals surface area contributed by atoms with Gasteiger partial charge in [-0.2, -0.15) is 15.8 Å². The molecule has 0 aliphatic carbocycles. The number of rotatable bonds is 1. The van der Waals surface area contributed by atoms with Crippen LogP contribution in [0.3, 0.4) is 0 Å². The zero-order valence-electron chi connectivity index (χ0n) is 13.0. The van der Waals surface area contributed by atoms with E-state index in [2.05, 4.69) is 0 Å². The molecule has 0 radical (unpaired) electrons. The van der Waals surface area contributed by atoms with Crippen LogP contribution in [-0.4, -0.2) is 11.7 Å². The SMILES string of the molecule is C[C@H]1[C@]2(C)OC(=N)[C@@]1(C#N)C(C#N)(C#N)[C@H](c1ccc(F)cc1)O2. The van der Waals surface area contributed by atoms with Gasteiger partial charge in [0.2, 0.25) is 17.1 Å². The van der Waals surface area contributed by atoms with Crippen molar-refractivity contribution >= 4 is 5.90 Å². The molecule has 2 heterocycles. The highest BCUT2D eigenvalue weighted by atomic mass is 19.1. The Hall–Kier alpha value is -2.95. The van der Waals surface area contributed by atoms with Crippen molar-refractivity contribution in [2.75, 3.05) is 0 Å². The van der Waals surface area contributed by atoms with E-state index >= 15 is 0 Å². The maximum absolute atomic E-state index is 13.2. The van der Waals surface area contributed by atoms with Crippen LogP contribution in [0.15, 0.2) is 24.3 Å². The lowest BCUT2D eigenvalue weighted by Gasteiger charge is -2.47. The van der Waals surface area contributed by atoms with Crippen LogP contribution in [0.1, 0.15) is 25.5 Å². The summed E-state index contributed by atoms with van der Waals surface area (Å²) >= 11 is 0. The molecule has 120 valence electrons. The summed E-state index contributed by atoms with van der Waals surface area (Å²) in [6, 6.07) is 11.0. The molecule has 1 aromatic carbocycles. The summed E-state index contributed by atoms with van der Waals surface area (Å²) in [6.45, 7) is 3.19. The first-order chi connectivity index (χ1) is 11.3. The smallest absolute Gasteiger partial charge is 0.214 e. The first-order valence-electron chi connectivity index (χ1n) is 7.26. The van der Waals surface area contributed by atoms with Gasteiger partial charge in [0.15, 0.2) is 5.41 Å². The molecule has 1 N–H and O–H groups in total. The molecular formula is C17H13FN4O2. The van der Waals surface area contributed by atoms with Gasteiger partial charge in [-0.3, -0.25) is 5.41 Å². The highest BCUT2D eigenvalue weighted by Gasteiger charge is 2.78. The molecule has 2 bridgehead atoms. The fraction of sp³-hybridized carbons (Fsp3) is 0.412. The molecule has 4 atom stereocenters. The van der Waals surface area contributed by atoms with Gasteiger partial charge in [0.25, 0.3) is 0 Å². The van der Waals surface area contributed by atoms with Crippen molar-refractivity contribution in [3.05, 3.63) is 35.6 Å². The van der Waals surface area contributed by atoms with E-state index in [9.17, 15) is 20.2 Å². The van der Waals surface area contributed by atoms with Gasteiger partial charge < -0.3 is 9.47 Å². The third-order valence-corrected chi connectivity index (χ3v) is 5.17. The Labute approximate surface area is 138 Å². The van der Waals surface area contributed by atoms with Crippen LogP contribution in [-0.2, 0) is 9.47 Å². The summed E-state index contributed by atoms with van der Waals surface area (Å²) in [7, 11) is 0. The normalized spacial score (nSPS) is 36.1. The van der Waals surface area contributed by atoms with E-state index in [1.807, 2.05) is 18.2 Å². The Morgan fingerprint density at radius 1 is 1.12 bits per heavy atom. The first-order valence-corrected chi connectivity index (χ1v) is 7.26. The Balaban J connectivity index is 2.31. The molecular weight excluding hydrogens is 311 g/mol. The summed E-state index contributed by atoms with van der Waals surface area (Å²) in [5.41, 5.74) is -3.40. The predicted octanol–water partition coefficient (Wildman–Crippen LogP) is 2.80. The summed E-state index contributed by atoms with van der Waals surface area (Å²) in [5, 5.41) is 37.7. The average molecular weight is 324 g/mol. The van der Waals surface area contributed by atoms with E-state index in [4.69, 9.17) is 14.9 Å². The van der Waals surface area contributed by atoms with Crippen molar-refractivity contribution in [1.82, 2.24) is 0 Å². The van der Waals surface area contributed by atoms with E-state index in [0.29, 0.717) is 5.56 Å². The summed E-state index contributed by atoms with van der Waals surface area (Å²) in [6.07, 6.45) is -1.16. The predicted molar refractivity (Wildman–Crippen MR) is 78.3 cm³/mol. The molecule has 3 rings (SSSR count). The Kier molecular flexibility index (Phi) is 3.17. The van der Waals surface area contributed by atoms with Crippen LogP contribution in [0.25, 0.3) is 0 Å². The van der Waals surface area contributed by atoms with Crippen LogP contribution in [0.2, 0.25) is 0 Å². The molecule has 2 saturated heterocycles. The van der Waals surface area contributed by atoms with Crippen molar-refractivity contribution < 1.29 is 13.9 Å². The van der Waals surface area contributed by atoms with E-state index in [0.717, 1.165) is 0 Å². The highest BCUT2D eigenvalue weighted by Crippen LogP contribution is 2.66. The number of halogens is 1. The monoisotopic (exact) mass is 324 g/mol. The fourth-order valence-electron chi connectivity index (χ4n) is 3.65. The molecule has 0 aromatic heterocycles. The van der Waals surface area contributed by atoms with Crippen molar-refractivity contribution in [3.8, 4) is 18.2 Å². The van der Waals surface area contributed by atoms with Crippen LogP contribution in [0.5, 0.6) is 0 Å². The van der Waals surface area contributed by atoms with Crippen LogP contribution >= 0.6 is 0 Å². The van der Waals surface area contributed by atoms with E-state index in [-0.39, 0.29) is 0 Å². The quantitative estimate of drug-likeness (QED) is 0.853. The van der Waals surface area contributed by atoms with Gasteiger partial charge in [0, 0.05) is 6.92 Å².